The fourth-order valence-corrected chi connectivity index (χ4v) is 5.36. The molecule has 2 aromatic rings. The molecule has 2 heterocycles. The topological polar surface area (TPSA) is 109 Å². The first-order chi connectivity index (χ1) is 16.8. The summed E-state index contributed by atoms with van der Waals surface area (Å²) in [6.45, 7) is 5.31. The highest BCUT2D eigenvalue weighted by atomic mass is 35.5. The summed E-state index contributed by atoms with van der Waals surface area (Å²) in [6.07, 6.45) is -0.675. The van der Waals surface area contributed by atoms with Gasteiger partial charge in [-0.25, -0.2) is 8.78 Å². The molecule has 0 spiro atoms. The maximum Gasteiger partial charge on any atom is 0.293 e. The van der Waals surface area contributed by atoms with Gasteiger partial charge in [0.1, 0.15) is 11.2 Å². The number of aromatic nitrogens is 1. The molecule has 1 aliphatic carbocycles. The van der Waals surface area contributed by atoms with Gasteiger partial charge in [-0.3, -0.25) is 19.2 Å². The van der Waals surface area contributed by atoms with E-state index in [1.165, 1.54) is 7.05 Å². The van der Waals surface area contributed by atoms with E-state index in [0.717, 1.165) is 5.56 Å². The second-order valence-corrected chi connectivity index (χ2v) is 10.0. The summed E-state index contributed by atoms with van der Waals surface area (Å²) in [5, 5.41) is 7.80. The number of nitrogens with zero attached hydrogens (tertiary/aromatic N) is 1. The first kappa shape index (κ1) is 25.8. The number of carbonyl (C=O) groups excluding carboxylic acids is 4. The standard InChI is InChI=1S/C25H27ClF2N4O4/c1-12-5-7-15(9-16(12)26)30-21(34)19-14(3)18(17-8-6-13(2)32(17)19)20(33)22(35)31-24(23(36)29-4)10-25(27,28)11-24/h5,7,9,13H,6,8,10-11H2,1-4H3,(H,29,36)(H,30,34)(H,31,35)/t13-/m0/s1. The SMILES string of the molecule is CNC(=O)C1(NC(=O)C(=O)c2c(C)c(C(=O)Nc3ccc(C)c(Cl)c3)n3c2CC[C@@H]3C)CC(F)(F)C1. The van der Waals surface area contributed by atoms with Gasteiger partial charge in [0.25, 0.3) is 23.5 Å². The van der Waals surface area contributed by atoms with Crippen molar-refractivity contribution in [1.29, 1.82) is 0 Å². The number of likely N-dealkylation sites (N-methyl/N-ethyl adjacent to an activating group) is 1. The molecule has 1 atom stereocenters. The predicted octanol–water partition coefficient (Wildman–Crippen LogP) is 3.73. The smallest absolute Gasteiger partial charge is 0.293 e. The van der Waals surface area contributed by atoms with Crippen LogP contribution in [0, 0.1) is 13.8 Å². The zero-order valence-corrected chi connectivity index (χ0v) is 21.1. The molecule has 1 fully saturated rings. The lowest BCUT2D eigenvalue weighted by molar-refractivity contribution is -0.164. The summed E-state index contributed by atoms with van der Waals surface area (Å²) in [5.41, 5.74) is 0.586. The number of amides is 3. The van der Waals surface area contributed by atoms with Gasteiger partial charge in [0, 0.05) is 42.3 Å². The second kappa shape index (κ2) is 8.99. The van der Waals surface area contributed by atoms with Crippen molar-refractivity contribution in [3.63, 3.8) is 0 Å². The molecule has 36 heavy (non-hydrogen) atoms. The van der Waals surface area contributed by atoms with Crippen LogP contribution in [0.15, 0.2) is 18.2 Å². The van der Waals surface area contributed by atoms with E-state index in [9.17, 15) is 28.0 Å². The van der Waals surface area contributed by atoms with Crippen molar-refractivity contribution in [2.75, 3.05) is 12.4 Å². The number of hydrogen-bond donors (Lipinski definition) is 3. The highest BCUT2D eigenvalue weighted by Crippen LogP contribution is 2.46. The Balaban J connectivity index is 1.66. The Hall–Kier alpha value is -3.27. The lowest BCUT2D eigenvalue weighted by atomic mass is 9.72. The van der Waals surface area contributed by atoms with E-state index in [1.807, 2.05) is 13.8 Å². The minimum atomic E-state index is -3.12. The Kier molecular flexibility index (Phi) is 6.45. The molecule has 8 nitrogen and oxygen atoms in total. The number of halogens is 3. The van der Waals surface area contributed by atoms with E-state index in [1.54, 1.807) is 29.7 Å². The van der Waals surface area contributed by atoms with Crippen LogP contribution in [0.1, 0.15) is 69.9 Å². The maximum atomic E-state index is 13.6. The molecule has 0 unspecified atom stereocenters. The maximum absolute atomic E-state index is 13.6. The van der Waals surface area contributed by atoms with Gasteiger partial charge >= 0.3 is 0 Å². The third-order valence-electron chi connectivity index (χ3n) is 7.00. The minimum Gasteiger partial charge on any atom is -0.357 e. The van der Waals surface area contributed by atoms with Gasteiger partial charge < -0.3 is 20.5 Å². The number of ketones is 1. The number of benzene rings is 1. The van der Waals surface area contributed by atoms with E-state index in [-0.39, 0.29) is 17.3 Å². The van der Waals surface area contributed by atoms with Crippen LogP contribution in [-0.4, -0.2) is 46.6 Å². The van der Waals surface area contributed by atoms with E-state index < -0.39 is 47.8 Å². The molecule has 1 saturated carbocycles. The number of anilines is 1. The van der Waals surface area contributed by atoms with Crippen molar-refractivity contribution in [1.82, 2.24) is 15.2 Å². The number of rotatable bonds is 6. The van der Waals surface area contributed by atoms with Crippen molar-refractivity contribution in [3.05, 3.63) is 51.3 Å². The van der Waals surface area contributed by atoms with Crippen molar-refractivity contribution in [2.45, 2.75) is 64.0 Å². The molecule has 1 aliphatic heterocycles. The van der Waals surface area contributed by atoms with Crippen LogP contribution in [-0.2, 0) is 16.0 Å². The lowest BCUT2D eigenvalue weighted by Crippen LogP contribution is -2.69. The normalized spacial score (nSPS) is 19.1. The molecule has 1 aromatic heterocycles. The van der Waals surface area contributed by atoms with Crippen molar-refractivity contribution >= 4 is 40.8 Å². The number of carbonyl (C=O) groups is 4. The highest BCUT2D eigenvalue weighted by Gasteiger charge is 2.62. The molecule has 0 bridgehead atoms. The van der Waals surface area contributed by atoms with Crippen molar-refractivity contribution in [2.24, 2.45) is 0 Å². The van der Waals surface area contributed by atoms with E-state index in [0.29, 0.717) is 34.8 Å². The molecule has 11 heteroatoms. The molecule has 192 valence electrons. The predicted molar refractivity (Wildman–Crippen MR) is 130 cm³/mol. The van der Waals surface area contributed by atoms with Gasteiger partial charge in [-0.2, -0.15) is 0 Å². The molecule has 1 aromatic carbocycles. The third kappa shape index (κ3) is 4.27. The molecule has 4 rings (SSSR count). The van der Waals surface area contributed by atoms with Crippen LogP contribution in [0.3, 0.4) is 0 Å². The quantitative estimate of drug-likeness (QED) is 0.398. The van der Waals surface area contributed by atoms with Crippen LogP contribution >= 0.6 is 11.6 Å². The number of fused-ring (bicyclic) bond motifs is 1. The molecule has 3 amide bonds. The largest absolute Gasteiger partial charge is 0.357 e. The molecule has 0 saturated heterocycles. The minimum absolute atomic E-state index is 0.0575. The second-order valence-electron chi connectivity index (χ2n) is 9.63. The number of nitrogens with one attached hydrogen (secondary N) is 3. The van der Waals surface area contributed by atoms with Crippen LogP contribution in [0.5, 0.6) is 0 Å². The van der Waals surface area contributed by atoms with Crippen LogP contribution in [0.25, 0.3) is 0 Å². The Morgan fingerprint density at radius 1 is 1.14 bits per heavy atom. The van der Waals surface area contributed by atoms with Crippen LogP contribution < -0.4 is 16.0 Å². The number of Topliss-reactive ketones (excluding diaryl/α,β-unsaturated/α-hetero) is 1. The van der Waals surface area contributed by atoms with E-state index >= 15 is 0 Å². The first-order valence-corrected chi connectivity index (χ1v) is 12.0. The number of hydrogen-bond acceptors (Lipinski definition) is 4. The van der Waals surface area contributed by atoms with Gasteiger partial charge in [0.15, 0.2) is 0 Å². The Morgan fingerprint density at radius 3 is 2.39 bits per heavy atom. The van der Waals surface area contributed by atoms with Gasteiger partial charge in [-0.05, 0) is 56.9 Å². The van der Waals surface area contributed by atoms with E-state index in [2.05, 4.69) is 16.0 Å². The van der Waals surface area contributed by atoms with Gasteiger partial charge in [0.2, 0.25) is 5.91 Å². The summed E-state index contributed by atoms with van der Waals surface area (Å²) in [5.74, 6) is -6.51. The monoisotopic (exact) mass is 520 g/mol. The van der Waals surface area contributed by atoms with Crippen molar-refractivity contribution in [3.8, 4) is 0 Å². The summed E-state index contributed by atoms with van der Waals surface area (Å²) in [7, 11) is 1.27. The molecular weight excluding hydrogens is 494 g/mol. The van der Waals surface area contributed by atoms with Crippen LogP contribution in [0.2, 0.25) is 5.02 Å². The molecule has 2 aliphatic rings. The van der Waals surface area contributed by atoms with Crippen LogP contribution in [0.4, 0.5) is 14.5 Å². The Bertz CT molecular complexity index is 1300. The average molecular weight is 521 g/mol. The molecule has 0 radical (unpaired) electrons. The fourth-order valence-electron chi connectivity index (χ4n) is 5.18. The third-order valence-corrected chi connectivity index (χ3v) is 7.41. The fraction of sp³-hybridized carbons (Fsp3) is 0.440. The summed E-state index contributed by atoms with van der Waals surface area (Å²) < 4.78 is 29.0. The average Bonchev–Trinajstić information content (AvgIpc) is 3.29. The molecular formula is C25H27ClF2N4O4. The lowest BCUT2D eigenvalue weighted by Gasteiger charge is -2.45. The summed E-state index contributed by atoms with van der Waals surface area (Å²) >= 11 is 6.17. The van der Waals surface area contributed by atoms with Crippen molar-refractivity contribution < 1.29 is 28.0 Å². The zero-order valence-electron chi connectivity index (χ0n) is 20.4. The summed E-state index contributed by atoms with van der Waals surface area (Å²) in [6, 6.07) is 4.99. The Labute approximate surface area is 211 Å². The van der Waals surface area contributed by atoms with Gasteiger partial charge in [-0.1, -0.05) is 17.7 Å². The van der Waals surface area contributed by atoms with Gasteiger partial charge in [0.05, 0.1) is 5.56 Å². The number of aryl methyl sites for hydroxylation is 1. The Morgan fingerprint density at radius 2 is 1.81 bits per heavy atom. The molecule has 3 N–H and O–H groups in total. The van der Waals surface area contributed by atoms with E-state index in [4.69, 9.17) is 11.6 Å². The number of alkyl halides is 2. The summed E-state index contributed by atoms with van der Waals surface area (Å²) in [4.78, 5) is 51.8. The first-order valence-electron chi connectivity index (χ1n) is 11.6. The zero-order chi connectivity index (χ0) is 26.6. The van der Waals surface area contributed by atoms with Gasteiger partial charge in [-0.15, -0.1) is 0 Å². The highest BCUT2D eigenvalue weighted by molar-refractivity contribution is 6.44.